The lowest BCUT2D eigenvalue weighted by atomic mass is 10.2. The van der Waals surface area contributed by atoms with Crippen LogP contribution in [-0.2, 0) is 20.0 Å². The summed E-state index contributed by atoms with van der Waals surface area (Å²) in [5.74, 6) is -1.09. The molecule has 0 aliphatic heterocycles. The maximum Gasteiger partial charge on any atom is 0.358 e. The molecule has 0 saturated carbocycles. The van der Waals surface area contributed by atoms with E-state index >= 15 is 0 Å². The third kappa shape index (κ3) is 2.70. The smallest absolute Gasteiger partial charge is 0.358 e. The van der Waals surface area contributed by atoms with Crippen molar-refractivity contribution < 1.29 is 9.90 Å². The first-order valence-electron chi connectivity index (χ1n) is 6.32. The van der Waals surface area contributed by atoms with E-state index in [1.807, 2.05) is 11.4 Å². The molecule has 0 spiro atoms. The maximum atomic E-state index is 11.3. The summed E-state index contributed by atoms with van der Waals surface area (Å²) in [4.78, 5) is 11.3. The van der Waals surface area contributed by atoms with Gasteiger partial charge in [0.1, 0.15) is 5.69 Å². The van der Waals surface area contributed by atoms with Crippen LogP contribution in [0.15, 0.2) is 29.2 Å². The summed E-state index contributed by atoms with van der Waals surface area (Å²) in [5.41, 5.74) is 2.34. The summed E-state index contributed by atoms with van der Waals surface area (Å²) in [7, 11) is 1.78. The second kappa shape index (κ2) is 5.49. The number of thiophene rings is 1. The minimum atomic E-state index is -1.09. The lowest BCUT2D eigenvalue weighted by Gasteiger charge is -2.04. The van der Waals surface area contributed by atoms with Gasteiger partial charge in [-0.3, -0.25) is 4.68 Å². The third-order valence-corrected chi connectivity index (χ3v) is 3.84. The number of aryl methyl sites for hydroxylation is 3. The molecule has 0 aliphatic rings. The van der Waals surface area contributed by atoms with Gasteiger partial charge in [-0.2, -0.15) is 16.4 Å². The number of carbonyl (C=O) groups is 1. The van der Waals surface area contributed by atoms with E-state index < -0.39 is 5.97 Å². The minimum Gasteiger partial charge on any atom is -0.476 e. The molecule has 3 aromatic heterocycles. The van der Waals surface area contributed by atoms with Gasteiger partial charge in [-0.25, -0.2) is 9.48 Å². The Bertz CT molecular complexity index is 759. The highest BCUT2D eigenvalue weighted by Gasteiger charge is 2.21. The van der Waals surface area contributed by atoms with Crippen molar-refractivity contribution in [2.24, 2.45) is 7.05 Å². The first kappa shape index (κ1) is 13.5. The highest BCUT2D eigenvalue weighted by molar-refractivity contribution is 7.07. The first-order valence-corrected chi connectivity index (χ1v) is 7.26. The van der Waals surface area contributed by atoms with E-state index in [2.05, 4.69) is 20.8 Å². The number of nitrogens with zero attached hydrogens (tertiary/aromatic N) is 5. The Kier molecular flexibility index (Phi) is 3.53. The molecule has 3 rings (SSSR count). The molecule has 3 heterocycles. The van der Waals surface area contributed by atoms with Crippen molar-refractivity contribution in [1.82, 2.24) is 24.8 Å². The number of rotatable bonds is 5. The normalized spacial score (nSPS) is 10.9. The molecule has 8 heteroatoms. The van der Waals surface area contributed by atoms with Gasteiger partial charge >= 0.3 is 5.97 Å². The second-order valence-corrected chi connectivity index (χ2v) is 5.38. The summed E-state index contributed by atoms with van der Waals surface area (Å²) in [5, 5.41) is 25.2. The summed E-state index contributed by atoms with van der Waals surface area (Å²) in [6, 6.07) is 2.05. The molecule has 0 aromatic carbocycles. The van der Waals surface area contributed by atoms with Gasteiger partial charge in [0.25, 0.3) is 0 Å². The van der Waals surface area contributed by atoms with Crippen molar-refractivity contribution in [2.45, 2.75) is 13.0 Å². The molecule has 1 N–H and O–H groups in total. The van der Waals surface area contributed by atoms with E-state index in [0.717, 1.165) is 6.42 Å². The highest BCUT2D eigenvalue weighted by atomic mass is 32.1. The zero-order valence-corrected chi connectivity index (χ0v) is 12.1. The fourth-order valence-corrected chi connectivity index (χ4v) is 2.82. The summed E-state index contributed by atoms with van der Waals surface area (Å²) < 4.78 is 3.25. The quantitative estimate of drug-likeness (QED) is 0.775. The summed E-state index contributed by atoms with van der Waals surface area (Å²) >= 11 is 1.64. The van der Waals surface area contributed by atoms with Crippen molar-refractivity contribution >= 4 is 17.3 Å². The van der Waals surface area contributed by atoms with Crippen LogP contribution < -0.4 is 0 Å². The van der Waals surface area contributed by atoms with Crippen molar-refractivity contribution in [1.29, 1.82) is 0 Å². The van der Waals surface area contributed by atoms with Crippen LogP contribution >= 0.6 is 11.3 Å². The molecule has 0 saturated heterocycles. The molecule has 7 nitrogen and oxygen atoms in total. The molecule has 0 atom stereocenters. The van der Waals surface area contributed by atoms with Crippen molar-refractivity contribution in [2.75, 3.05) is 0 Å². The molecule has 0 aliphatic carbocycles. The Morgan fingerprint density at radius 3 is 2.95 bits per heavy atom. The maximum absolute atomic E-state index is 11.3. The average molecular weight is 303 g/mol. The molecule has 0 bridgehead atoms. The van der Waals surface area contributed by atoms with E-state index in [1.165, 1.54) is 5.56 Å². The SMILES string of the molecule is Cn1cc(-c2c(C(=O)O)nnn2CCc2ccsc2)cn1. The van der Waals surface area contributed by atoms with Gasteiger partial charge < -0.3 is 5.11 Å². The lowest BCUT2D eigenvalue weighted by Crippen LogP contribution is -2.06. The Balaban J connectivity index is 1.94. The standard InChI is InChI=1S/C13H13N5O2S/c1-17-7-10(6-14-17)12-11(13(19)20)15-16-18(12)4-2-9-3-5-21-8-9/h3,5-8H,2,4H2,1H3,(H,19,20). The average Bonchev–Trinajstić information content (AvgIpc) is 3.15. The van der Waals surface area contributed by atoms with Crippen LogP contribution in [0.5, 0.6) is 0 Å². The Hall–Kier alpha value is -2.48. The number of carboxylic acids is 1. The fourth-order valence-electron chi connectivity index (χ4n) is 2.11. The molecular formula is C13H13N5O2S. The van der Waals surface area contributed by atoms with E-state index in [4.69, 9.17) is 0 Å². The van der Waals surface area contributed by atoms with Gasteiger partial charge in [-0.1, -0.05) is 5.21 Å². The van der Waals surface area contributed by atoms with Crippen LogP contribution in [0.3, 0.4) is 0 Å². The molecule has 3 aromatic rings. The van der Waals surface area contributed by atoms with Crippen LogP contribution in [-0.4, -0.2) is 35.9 Å². The summed E-state index contributed by atoms with van der Waals surface area (Å²) in [6.07, 6.45) is 4.15. The summed E-state index contributed by atoms with van der Waals surface area (Å²) in [6.45, 7) is 0.571. The fraction of sp³-hybridized carbons (Fsp3) is 0.231. The molecule has 0 radical (unpaired) electrons. The molecule has 0 unspecified atom stereocenters. The predicted octanol–water partition coefficient (Wildman–Crippen LogP) is 1.68. The predicted molar refractivity (Wildman–Crippen MR) is 77.2 cm³/mol. The Labute approximate surface area is 124 Å². The highest BCUT2D eigenvalue weighted by Crippen LogP contribution is 2.22. The third-order valence-electron chi connectivity index (χ3n) is 3.11. The first-order chi connectivity index (χ1) is 10.1. The minimum absolute atomic E-state index is 0.0479. The topological polar surface area (TPSA) is 85.8 Å². The van der Waals surface area contributed by atoms with Crippen LogP contribution in [0, 0.1) is 0 Å². The van der Waals surface area contributed by atoms with Crippen molar-refractivity contribution in [3.05, 3.63) is 40.5 Å². The molecule has 0 amide bonds. The van der Waals surface area contributed by atoms with Crippen LogP contribution in [0.2, 0.25) is 0 Å². The van der Waals surface area contributed by atoms with Crippen LogP contribution in [0.25, 0.3) is 11.3 Å². The van der Waals surface area contributed by atoms with Crippen LogP contribution in [0.1, 0.15) is 16.1 Å². The van der Waals surface area contributed by atoms with E-state index in [9.17, 15) is 9.90 Å². The number of hydrogen-bond donors (Lipinski definition) is 1. The zero-order chi connectivity index (χ0) is 14.8. The van der Waals surface area contributed by atoms with E-state index in [1.54, 1.807) is 40.1 Å². The van der Waals surface area contributed by atoms with Crippen molar-refractivity contribution in [3.8, 4) is 11.3 Å². The van der Waals surface area contributed by atoms with Gasteiger partial charge in [0.05, 0.1) is 6.20 Å². The number of aromatic carboxylic acids is 1. The number of hydrogen-bond acceptors (Lipinski definition) is 5. The molecule has 108 valence electrons. The second-order valence-electron chi connectivity index (χ2n) is 4.60. The van der Waals surface area contributed by atoms with Crippen LogP contribution in [0.4, 0.5) is 0 Å². The molecule has 21 heavy (non-hydrogen) atoms. The largest absolute Gasteiger partial charge is 0.476 e. The lowest BCUT2D eigenvalue weighted by molar-refractivity contribution is 0.0691. The number of carboxylic acid groups (broad SMARTS) is 1. The monoisotopic (exact) mass is 303 g/mol. The Morgan fingerprint density at radius 2 is 2.33 bits per heavy atom. The molecule has 0 fully saturated rings. The zero-order valence-electron chi connectivity index (χ0n) is 11.3. The van der Waals surface area contributed by atoms with E-state index in [0.29, 0.717) is 17.8 Å². The van der Waals surface area contributed by atoms with Gasteiger partial charge in [-0.05, 0) is 28.8 Å². The van der Waals surface area contributed by atoms with Gasteiger partial charge in [0.15, 0.2) is 5.69 Å². The Morgan fingerprint density at radius 1 is 1.48 bits per heavy atom. The van der Waals surface area contributed by atoms with Gasteiger partial charge in [-0.15, -0.1) is 5.10 Å². The van der Waals surface area contributed by atoms with E-state index in [-0.39, 0.29) is 5.69 Å². The van der Waals surface area contributed by atoms with Gasteiger partial charge in [0.2, 0.25) is 0 Å². The number of aromatic nitrogens is 5. The molecular weight excluding hydrogens is 290 g/mol. The van der Waals surface area contributed by atoms with Crippen molar-refractivity contribution in [3.63, 3.8) is 0 Å². The van der Waals surface area contributed by atoms with Gasteiger partial charge in [0, 0.05) is 25.4 Å².